The molecule has 2 nitrogen and oxygen atoms in total. The number of rotatable bonds is 5. The van der Waals surface area contributed by atoms with Crippen molar-refractivity contribution in [3.8, 4) is 0 Å². The van der Waals surface area contributed by atoms with Crippen LogP contribution in [0.25, 0.3) is 0 Å². The average molecular weight is 231 g/mol. The molecule has 0 aromatic heterocycles. The fraction of sp³-hybridized carbons (Fsp3) is 0.600. The summed E-state index contributed by atoms with van der Waals surface area (Å²) in [6.45, 7) is 0.854. The van der Waals surface area contributed by atoms with Crippen LogP contribution in [0.15, 0.2) is 24.3 Å². The number of ether oxygens (including phenoxy) is 1. The number of nitrogens with two attached hydrogens (primary N) is 1. The van der Waals surface area contributed by atoms with Crippen LogP contribution < -0.4 is 5.73 Å². The first-order valence-corrected chi connectivity index (χ1v) is 6.53. The molecule has 0 atom stereocenters. The Kier molecular flexibility index (Phi) is 2.53. The predicted molar refractivity (Wildman–Crippen MR) is 69.1 cm³/mol. The van der Waals surface area contributed by atoms with Gasteiger partial charge in [-0.2, -0.15) is 0 Å². The van der Waals surface area contributed by atoms with Crippen molar-refractivity contribution in [3.63, 3.8) is 0 Å². The monoisotopic (exact) mass is 231 g/mol. The lowest BCUT2D eigenvalue weighted by atomic mass is 9.94. The average Bonchev–Trinajstić information content (AvgIpc) is 3.21. The predicted octanol–water partition coefficient (Wildman–Crippen LogP) is 2.40. The van der Waals surface area contributed by atoms with Gasteiger partial charge in [-0.05, 0) is 43.2 Å². The minimum atomic E-state index is 0.116. The molecule has 0 saturated heterocycles. The van der Waals surface area contributed by atoms with Crippen LogP contribution >= 0.6 is 0 Å². The summed E-state index contributed by atoms with van der Waals surface area (Å²) in [7, 11) is 1.79. The van der Waals surface area contributed by atoms with Crippen LogP contribution in [0, 0.1) is 0 Å². The third kappa shape index (κ3) is 2.24. The van der Waals surface area contributed by atoms with Crippen LogP contribution in [0.1, 0.15) is 36.8 Å². The molecule has 17 heavy (non-hydrogen) atoms. The Morgan fingerprint density at radius 2 is 1.76 bits per heavy atom. The summed E-state index contributed by atoms with van der Waals surface area (Å²) >= 11 is 0. The van der Waals surface area contributed by atoms with Gasteiger partial charge in [0.15, 0.2) is 0 Å². The lowest BCUT2D eigenvalue weighted by Gasteiger charge is -2.15. The molecule has 0 bridgehead atoms. The molecule has 2 N–H and O–H groups in total. The highest BCUT2D eigenvalue weighted by molar-refractivity contribution is 5.34. The van der Waals surface area contributed by atoms with E-state index in [-0.39, 0.29) is 5.54 Å². The first-order valence-electron chi connectivity index (χ1n) is 6.53. The minimum Gasteiger partial charge on any atom is -0.384 e. The summed E-state index contributed by atoms with van der Waals surface area (Å²) in [5, 5.41) is 0. The lowest BCUT2D eigenvalue weighted by molar-refractivity contribution is 0.171. The zero-order chi connectivity index (χ0) is 11.9. The number of methoxy groups -OCH3 is 1. The van der Waals surface area contributed by atoms with Crippen molar-refractivity contribution >= 4 is 0 Å². The Labute approximate surface area is 103 Å². The quantitative estimate of drug-likeness (QED) is 0.844. The third-order valence-electron chi connectivity index (χ3n) is 4.29. The van der Waals surface area contributed by atoms with Crippen molar-refractivity contribution in [2.75, 3.05) is 13.7 Å². The van der Waals surface area contributed by atoms with Crippen molar-refractivity contribution in [2.24, 2.45) is 5.73 Å². The molecule has 2 fully saturated rings. The van der Waals surface area contributed by atoms with Crippen LogP contribution in [0.4, 0.5) is 0 Å². The van der Waals surface area contributed by atoms with E-state index >= 15 is 0 Å². The van der Waals surface area contributed by atoms with E-state index < -0.39 is 0 Å². The molecule has 2 heteroatoms. The van der Waals surface area contributed by atoms with Gasteiger partial charge < -0.3 is 10.5 Å². The summed E-state index contributed by atoms with van der Waals surface area (Å²) in [5.74, 6) is 0. The molecule has 0 amide bonds. The van der Waals surface area contributed by atoms with Crippen LogP contribution in [0.3, 0.4) is 0 Å². The molecule has 0 spiro atoms. The van der Waals surface area contributed by atoms with Gasteiger partial charge in [0.05, 0.1) is 6.61 Å². The van der Waals surface area contributed by atoms with Crippen molar-refractivity contribution in [3.05, 3.63) is 35.4 Å². The van der Waals surface area contributed by atoms with Crippen molar-refractivity contribution in [2.45, 2.75) is 43.1 Å². The number of benzene rings is 1. The topological polar surface area (TPSA) is 35.2 Å². The van der Waals surface area contributed by atoms with Crippen LogP contribution in [0.5, 0.6) is 0 Å². The van der Waals surface area contributed by atoms with E-state index in [4.69, 9.17) is 10.5 Å². The highest BCUT2D eigenvalue weighted by atomic mass is 16.5. The fourth-order valence-corrected chi connectivity index (χ4v) is 2.66. The standard InChI is InChI=1S/C15H21NO/c1-17-11-14(6-7-14)13-4-2-12(3-5-13)10-15(16)8-9-15/h2-5H,6-11,16H2,1H3. The number of hydrogen-bond donors (Lipinski definition) is 1. The van der Waals surface area contributed by atoms with Gasteiger partial charge in [0.1, 0.15) is 0 Å². The Balaban J connectivity index is 1.71. The molecule has 0 aliphatic heterocycles. The third-order valence-corrected chi connectivity index (χ3v) is 4.29. The molecule has 2 aliphatic rings. The fourth-order valence-electron chi connectivity index (χ4n) is 2.66. The maximum Gasteiger partial charge on any atom is 0.0559 e. The van der Waals surface area contributed by atoms with E-state index in [2.05, 4.69) is 24.3 Å². The highest BCUT2D eigenvalue weighted by Gasteiger charge is 2.44. The summed E-state index contributed by atoms with van der Waals surface area (Å²) in [6, 6.07) is 9.04. The zero-order valence-electron chi connectivity index (χ0n) is 10.5. The highest BCUT2D eigenvalue weighted by Crippen LogP contribution is 2.48. The number of hydrogen-bond acceptors (Lipinski definition) is 2. The maximum absolute atomic E-state index is 6.14. The molecule has 0 unspecified atom stereocenters. The largest absolute Gasteiger partial charge is 0.384 e. The second kappa shape index (κ2) is 3.82. The molecule has 1 aromatic rings. The van der Waals surface area contributed by atoms with Gasteiger partial charge in [-0.3, -0.25) is 0 Å². The molecule has 3 rings (SSSR count). The first kappa shape index (κ1) is 11.2. The van der Waals surface area contributed by atoms with Gasteiger partial charge in [0.2, 0.25) is 0 Å². The van der Waals surface area contributed by atoms with Gasteiger partial charge in [-0.15, -0.1) is 0 Å². The molecule has 2 saturated carbocycles. The second-order valence-electron chi connectivity index (χ2n) is 5.95. The van der Waals surface area contributed by atoms with Crippen LogP contribution in [-0.4, -0.2) is 19.3 Å². The van der Waals surface area contributed by atoms with E-state index in [0.717, 1.165) is 13.0 Å². The Morgan fingerprint density at radius 3 is 2.24 bits per heavy atom. The summed E-state index contributed by atoms with van der Waals surface area (Å²) in [4.78, 5) is 0. The van der Waals surface area contributed by atoms with Gasteiger partial charge >= 0.3 is 0 Å². The van der Waals surface area contributed by atoms with Gasteiger partial charge in [0.25, 0.3) is 0 Å². The molecule has 92 valence electrons. The summed E-state index contributed by atoms with van der Waals surface area (Å²) in [5.41, 5.74) is 9.40. The maximum atomic E-state index is 6.14. The second-order valence-corrected chi connectivity index (χ2v) is 5.95. The minimum absolute atomic E-state index is 0.116. The van der Waals surface area contributed by atoms with Gasteiger partial charge in [0, 0.05) is 18.1 Å². The van der Waals surface area contributed by atoms with E-state index in [1.807, 2.05) is 0 Å². The Morgan fingerprint density at radius 1 is 1.12 bits per heavy atom. The molecular formula is C15H21NO. The Hall–Kier alpha value is -0.860. The van der Waals surface area contributed by atoms with E-state index in [1.54, 1.807) is 7.11 Å². The Bertz CT molecular complexity index is 401. The summed E-state index contributed by atoms with van der Waals surface area (Å²) in [6.07, 6.45) is 5.93. The zero-order valence-corrected chi connectivity index (χ0v) is 10.5. The molecule has 1 aromatic carbocycles. The lowest BCUT2D eigenvalue weighted by Crippen LogP contribution is -2.24. The van der Waals surface area contributed by atoms with Crippen molar-refractivity contribution in [1.29, 1.82) is 0 Å². The normalized spacial score (nSPS) is 23.4. The van der Waals surface area contributed by atoms with E-state index in [0.29, 0.717) is 5.41 Å². The van der Waals surface area contributed by atoms with Crippen molar-refractivity contribution in [1.82, 2.24) is 0 Å². The SMILES string of the molecule is COCC1(c2ccc(CC3(N)CC3)cc2)CC1. The smallest absolute Gasteiger partial charge is 0.0559 e. The summed E-state index contributed by atoms with van der Waals surface area (Å²) < 4.78 is 5.32. The van der Waals surface area contributed by atoms with Crippen LogP contribution in [0.2, 0.25) is 0 Å². The van der Waals surface area contributed by atoms with Crippen LogP contribution in [-0.2, 0) is 16.6 Å². The molecule has 0 radical (unpaired) electrons. The molecule has 2 aliphatic carbocycles. The van der Waals surface area contributed by atoms with Gasteiger partial charge in [-0.1, -0.05) is 24.3 Å². The first-order chi connectivity index (χ1) is 8.16. The van der Waals surface area contributed by atoms with Crippen molar-refractivity contribution < 1.29 is 4.74 Å². The van der Waals surface area contributed by atoms with E-state index in [9.17, 15) is 0 Å². The molecular weight excluding hydrogens is 210 g/mol. The van der Waals surface area contributed by atoms with E-state index in [1.165, 1.54) is 36.8 Å². The molecule has 0 heterocycles. The van der Waals surface area contributed by atoms with Gasteiger partial charge in [-0.25, -0.2) is 0 Å².